The molecule has 0 saturated carbocycles. The molecule has 0 aliphatic carbocycles. The van der Waals surface area contributed by atoms with Crippen LogP contribution < -0.4 is 10.6 Å². The summed E-state index contributed by atoms with van der Waals surface area (Å²) in [5, 5.41) is 15.6. The Kier molecular flexibility index (Phi) is 5.78. The molecule has 0 aromatic heterocycles. The van der Waals surface area contributed by atoms with E-state index in [0.29, 0.717) is 31.0 Å². The van der Waals surface area contributed by atoms with Gasteiger partial charge in [-0.1, -0.05) is 13.0 Å². The molecule has 1 saturated heterocycles. The molecule has 1 aliphatic heterocycles. The van der Waals surface area contributed by atoms with Gasteiger partial charge < -0.3 is 20.6 Å². The Hall–Kier alpha value is -2.31. The Morgan fingerprint density at radius 1 is 1.52 bits per heavy atom. The zero-order chi connectivity index (χ0) is 16.8. The summed E-state index contributed by atoms with van der Waals surface area (Å²) in [6.45, 7) is 3.67. The van der Waals surface area contributed by atoms with E-state index in [1.54, 1.807) is 13.1 Å². The van der Waals surface area contributed by atoms with E-state index in [4.69, 9.17) is 0 Å². The summed E-state index contributed by atoms with van der Waals surface area (Å²) < 4.78 is 13.3. The van der Waals surface area contributed by atoms with Crippen LogP contribution in [0.15, 0.2) is 23.2 Å². The number of benzene rings is 1. The molecule has 126 valence electrons. The van der Waals surface area contributed by atoms with Crippen LogP contribution in [0.25, 0.3) is 0 Å². The minimum Gasteiger partial charge on any atom is -0.505 e. The minimum absolute atomic E-state index is 0.160. The van der Waals surface area contributed by atoms with Gasteiger partial charge in [0.2, 0.25) is 5.91 Å². The molecule has 0 spiro atoms. The van der Waals surface area contributed by atoms with Crippen molar-refractivity contribution in [1.82, 2.24) is 15.5 Å². The van der Waals surface area contributed by atoms with Crippen LogP contribution in [0, 0.1) is 5.82 Å². The van der Waals surface area contributed by atoms with E-state index >= 15 is 0 Å². The summed E-state index contributed by atoms with van der Waals surface area (Å²) in [5.74, 6) is -0.231. The molecule has 7 heteroatoms. The topological polar surface area (TPSA) is 77.0 Å². The Balaban J connectivity index is 1.84. The highest BCUT2D eigenvalue weighted by Gasteiger charge is 2.25. The molecule has 1 aromatic carbocycles. The van der Waals surface area contributed by atoms with Crippen molar-refractivity contribution in [3.05, 3.63) is 29.6 Å². The third-order valence-electron chi connectivity index (χ3n) is 3.88. The molecule has 1 aliphatic rings. The maximum absolute atomic E-state index is 13.3. The van der Waals surface area contributed by atoms with Crippen LogP contribution in [0.1, 0.15) is 25.3 Å². The van der Waals surface area contributed by atoms with E-state index in [-0.39, 0.29) is 17.7 Å². The molecule has 23 heavy (non-hydrogen) atoms. The number of halogens is 1. The third kappa shape index (κ3) is 4.58. The van der Waals surface area contributed by atoms with Crippen molar-refractivity contribution in [3.8, 4) is 5.75 Å². The predicted molar refractivity (Wildman–Crippen MR) is 86.7 cm³/mol. The summed E-state index contributed by atoms with van der Waals surface area (Å²) in [7, 11) is 1.66. The predicted octanol–water partition coefficient (Wildman–Crippen LogP) is 1.21. The average molecular weight is 322 g/mol. The first-order valence-corrected chi connectivity index (χ1v) is 7.75. The molecule has 3 N–H and O–H groups in total. The SMILES string of the molecule is CCC(=O)N1CCC(NC(=NC)NCc2ccc(O)c(F)c2)C1. The van der Waals surface area contributed by atoms with Gasteiger partial charge in [0.05, 0.1) is 0 Å². The number of carbonyl (C=O) groups excluding carboxylic acids is 1. The van der Waals surface area contributed by atoms with Crippen molar-refractivity contribution < 1.29 is 14.3 Å². The summed E-state index contributed by atoms with van der Waals surface area (Å²) >= 11 is 0. The number of carbonyl (C=O) groups is 1. The largest absolute Gasteiger partial charge is 0.505 e. The Morgan fingerprint density at radius 2 is 2.30 bits per heavy atom. The fourth-order valence-electron chi connectivity index (χ4n) is 2.56. The Morgan fingerprint density at radius 3 is 2.96 bits per heavy atom. The van der Waals surface area contributed by atoms with Crippen LogP contribution in [0.4, 0.5) is 4.39 Å². The molecule has 2 rings (SSSR count). The third-order valence-corrected chi connectivity index (χ3v) is 3.88. The fourth-order valence-corrected chi connectivity index (χ4v) is 2.56. The molecule has 1 amide bonds. The second-order valence-electron chi connectivity index (χ2n) is 5.53. The van der Waals surface area contributed by atoms with E-state index in [2.05, 4.69) is 15.6 Å². The Labute approximate surface area is 135 Å². The normalized spacial score (nSPS) is 18.1. The summed E-state index contributed by atoms with van der Waals surface area (Å²) in [6.07, 6.45) is 1.40. The van der Waals surface area contributed by atoms with E-state index in [0.717, 1.165) is 13.0 Å². The van der Waals surface area contributed by atoms with Crippen molar-refractivity contribution in [1.29, 1.82) is 0 Å². The van der Waals surface area contributed by atoms with Gasteiger partial charge in [0.15, 0.2) is 17.5 Å². The zero-order valence-corrected chi connectivity index (χ0v) is 13.5. The van der Waals surface area contributed by atoms with Crippen molar-refractivity contribution >= 4 is 11.9 Å². The highest BCUT2D eigenvalue weighted by molar-refractivity contribution is 5.80. The highest BCUT2D eigenvalue weighted by Crippen LogP contribution is 2.16. The van der Waals surface area contributed by atoms with Crippen molar-refractivity contribution in [3.63, 3.8) is 0 Å². The molecule has 6 nitrogen and oxygen atoms in total. The van der Waals surface area contributed by atoms with Gasteiger partial charge in [-0.3, -0.25) is 9.79 Å². The quantitative estimate of drug-likeness (QED) is 0.575. The van der Waals surface area contributed by atoms with Gasteiger partial charge in [0.1, 0.15) is 0 Å². The monoisotopic (exact) mass is 322 g/mol. The molecule has 1 aromatic rings. The van der Waals surface area contributed by atoms with Crippen LogP contribution in [-0.2, 0) is 11.3 Å². The average Bonchev–Trinajstić information content (AvgIpc) is 3.02. The molecular formula is C16H23FN4O2. The van der Waals surface area contributed by atoms with E-state index in [1.807, 2.05) is 11.8 Å². The van der Waals surface area contributed by atoms with Crippen LogP contribution in [-0.4, -0.2) is 48.1 Å². The van der Waals surface area contributed by atoms with Gasteiger partial charge in [0, 0.05) is 39.1 Å². The van der Waals surface area contributed by atoms with Gasteiger partial charge in [-0.15, -0.1) is 0 Å². The van der Waals surface area contributed by atoms with Crippen LogP contribution in [0.2, 0.25) is 0 Å². The number of phenols is 1. The fraction of sp³-hybridized carbons (Fsp3) is 0.500. The number of nitrogens with one attached hydrogen (secondary N) is 2. The molecule has 1 unspecified atom stereocenters. The van der Waals surface area contributed by atoms with Gasteiger partial charge >= 0.3 is 0 Å². The second kappa shape index (κ2) is 7.80. The Bertz CT molecular complexity index is 591. The standard InChI is InChI=1S/C16H23FN4O2/c1-3-15(23)21-7-6-12(10-21)20-16(18-2)19-9-11-4-5-14(22)13(17)8-11/h4-5,8,12,22H,3,6-7,9-10H2,1-2H3,(H2,18,19,20). The number of hydrogen-bond acceptors (Lipinski definition) is 3. The van der Waals surface area contributed by atoms with Gasteiger partial charge in [0.25, 0.3) is 0 Å². The maximum atomic E-state index is 13.3. The lowest BCUT2D eigenvalue weighted by Gasteiger charge is -2.18. The van der Waals surface area contributed by atoms with Crippen LogP contribution in [0.5, 0.6) is 5.75 Å². The summed E-state index contributed by atoms with van der Waals surface area (Å²) in [4.78, 5) is 17.7. The lowest BCUT2D eigenvalue weighted by Crippen LogP contribution is -2.44. The van der Waals surface area contributed by atoms with Crippen molar-refractivity contribution in [2.45, 2.75) is 32.4 Å². The lowest BCUT2D eigenvalue weighted by molar-refractivity contribution is -0.129. The number of phenolic OH excluding ortho intramolecular Hbond substituents is 1. The first kappa shape index (κ1) is 17.1. The number of aliphatic imine (C=N–C) groups is 1. The zero-order valence-electron chi connectivity index (χ0n) is 13.5. The first-order valence-electron chi connectivity index (χ1n) is 7.75. The van der Waals surface area contributed by atoms with E-state index in [1.165, 1.54) is 12.1 Å². The number of aromatic hydroxyl groups is 1. The highest BCUT2D eigenvalue weighted by atomic mass is 19.1. The molecule has 1 atom stereocenters. The van der Waals surface area contributed by atoms with E-state index < -0.39 is 5.82 Å². The molecule has 1 heterocycles. The number of amides is 1. The van der Waals surface area contributed by atoms with Crippen molar-refractivity contribution in [2.24, 2.45) is 4.99 Å². The van der Waals surface area contributed by atoms with Gasteiger partial charge in [-0.05, 0) is 24.1 Å². The number of hydrogen-bond donors (Lipinski definition) is 3. The maximum Gasteiger partial charge on any atom is 0.222 e. The molecular weight excluding hydrogens is 299 g/mol. The van der Waals surface area contributed by atoms with Crippen LogP contribution in [0.3, 0.4) is 0 Å². The smallest absolute Gasteiger partial charge is 0.222 e. The van der Waals surface area contributed by atoms with E-state index in [9.17, 15) is 14.3 Å². The summed E-state index contributed by atoms with van der Waals surface area (Å²) in [5.41, 5.74) is 0.706. The molecule has 0 bridgehead atoms. The van der Waals surface area contributed by atoms with Gasteiger partial charge in [-0.2, -0.15) is 0 Å². The molecule has 0 radical (unpaired) electrons. The summed E-state index contributed by atoms with van der Waals surface area (Å²) in [6, 6.07) is 4.42. The minimum atomic E-state index is -0.642. The van der Waals surface area contributed by atoms with Crippen molar-refractivity contribution in [2.75, 3.05) is 20.1 Å². The number of guanidine groups is 1. The number of rotatable bonds is 4. The first-order chi connectivity index (χ1) is 11.0. The lowest BCUT2D eigenvalue weighted by atomic mass is 10.2. The van der Waals surface area contributed by atoms with Crippen LogP contribution >= 0.6 is 0 Å². The van der Waals surface area contributed by atoms with Gasteiger partial charge in [-0.25, -0.2) is 4.39 Å². The molecule has 1 fully saturated rings. The number of nitrogens with zero attached hydrogens (tertiary/aromatic N) is 2. The second-order valence-corrected chi connectivity index (χ2v) is 5.53. The number of likely N-dealkylation sites (tertiary alicyclic amines) is 1.